The van der Waals surface area contributed by atoms with E-state index in [0.29, 0.717) is 17.9 Å². The van der Waals surface area contributed by atoms with Gasteiger partial charge in [0, 0.05) is 12.3 Å². The fraction of sp³-hybridized carbons (Fsp3) is 0.474. The first-order valence-electron chi connectivity index (χ1n) is 8.74. The molecule has 0 saturated carbocycles. The van der Waals surface area contributed by atoms with Gasteiger partial charge >= 0.3 is 12.0 Å². The Morgan fingerprint density at radius 3 is 2.72 bits per heavy atom. The molecule has 2 amide bonds. The van der Waals surface area contributed by atoms with Crippen molar-refractivity contribution < 1.29 is 19.1 Å². The van der Waals surface area contributed by atoms with Crippen LogP contribution in [0.5, 0.6) is 0 Å². The van der Waals surface area contributed by atoms with Gasteiger partial charge in [-0.3, -0.25) is 0 Å². The molecular formula is C19H24N2O4. The van der Waals surface area contributed by atoms with E-state index in [1.807, 2.05) is 24.3 Å². The number of urea groups is 1. The van der Waals surface area contributed by atoms with Crippen LogP contribution < -0.4 is 10.6 Å². The Hall–Kier alpha value is -2.34. The van der Waals surface area contributed by atoms with Crippen molar-refractivity contribution in [3.8, 4) is 0 Å². The summed E-state index contributed by atoms with van der Waals surface area (Å²) in [5, 5.41) is 5.48. The number of aryl methyl sites for hydroxylation is 1. The number of hydrogen-bond acceptors (Lipinski definition) is 4. The molecule has 0 bridgehead atoms. The van der Waals surface area contributed by atoms with E-state index in [0.717, 1.165) is 24.8 Å². The maximum absolute atomic E-state index is 12.7. The highest BCUT2D eigenvalue weighted by molar-refractivity contribution is 5.95. The molecule has 2 aliphatic heterocycles. The summed E-state index contributed by atoms with van der Waals surface area (Å²) in [5.74, 6) is -0.426. The molecule has 2 N–H and O–H groups in total. The monoisotopic (exact) mass is 344 g/mol. The molecule has 0 aromatic heterocycles. The number of allylic oxidation sites excluding steroid dienone is 1. The predicted octanol–water partition coefficient (Wildman–Crippen LogP) is 2.60. The zero-order valence-corrected chi connectivity index (χ0v) is 14.6. The van der Waals surface area contributed by atoms with Crippen LogP contribution in [0.4, 0.5) is 4.79 Å². The molecule has 3 rings (SSSR count). The van der Waals surface area contributed by atoms with E-state index in [-0.39, 0.29) is 18.7 Å². The Bertz CT molecular complexity index is 675. The van der Waals surface area contributed by atoms with Gasteiger partial charge < -0.3 is 20.1 Å². The zero-order chi connectivity index (χ0) is 17.8. The SMILES string of the molecule is CCc1ccc([C@@H]2NC(=O)NC(C)=C2C(=O)OC[C@@H]2CCCO2)cc1. The smallest absolute Gasteiger partial charge is 0.338 e. The van der Waals surface area contributed by atoms with Crippen LogP contribution >= 0.6 is 0 Å². The zero-order valence-electron chi connectivity index (χ0n) is 14.6. The number of hydrogen-bond donors (Lipinski definition) is 2. The first kappa shape index (κ1) is 17.5. The minimum atomic E-state index is -0.517. The van der Waals surface area contributed by atoms with E-state index < -0.39 is 12.0 Å². The van der Waals surface area contributed by atoms with Crippen molar-refractivity contribution in [3.63, 3.8) is 0 Å². The van der Waals surface area contributed by atoms with Gasteiger partial charge in [0.05, 0.1) is 17.7 Å². The highest BCUT2D eigenvalue weighted by Gasteiger charge is 2.32. The van der Waals surface area contributed by atoms with Gasteiger partial charge in [0.25, 0.3) is 0 Å². The molecule has 0 radical (unpaired) electrons. The molecule has 6 nitrogen and oxygen atoms in total. The van der Waals surface area contributed by atoms with Crippen LogP contribution in [0.15, 0.2) is 35.5 Å². The lowest BCUT2D eigenvalue weighted by atomic mass is 9.94. The van der Waals surface area contributed by atoms with Gasteiger partial charge in [-0.15, -0.1) is 0 Å². The fourth-order valence-corrected chi connectivity index (χ4v) is 3.18. The molecule has 1 fully saturated rings. The van der Waals surface area contributed by atoms with Gasteiger partial charge in [-0.25, -0.2) is 9.59 Å². The lowest BCUT2D eigenvalue weighted by molar-refractivity contribution is -0.142. The van der Waals surface area contributed by atoms with E-state index in [1.54, 1.807) is 6.92 Å². The van der Waals surface area contributed by atoms with Crippen LogP contribution in [0.2, 0.25) is 0 Å². The van der Waals surface area contributed by atoms with Crippen molar-refractivity contribution in [2.45, 2.75) is 45.3 Å². The summed E-state index contributed by atoms with van der Waals surface area (Å²) in [7, 11) is 0. The largest absolute Gasteiger partial charge is 0.459 e. The maximum atomic E-state index is 12.7. The molecule has 134 valence electrons. The molecule has 6 heteroatoms. The number of esters is 1. The molecular weight excluding hydrogens is 320 g/mol. The fourth-order valence-electron chi connectivity index (χ4n) is 3.18. The van der Waals surface area contributed by atoms with Crippen LogP contribution in [-0.2, 0) is 20.7 Å². The average Bonchev–Trinajstić information content (AvgIpc) is 3.12. The van der Waals surface area contributed by atoms with E-state index in [4.69, 9.17) is 9.47 Å². The van der Waals surface area contributed by atoms with E-state index in [2.05, 4.69) is 17.6 Å². The van der Waals surface area contributed by atoms with Gasteiger partial charge in [-0.05, 0) is 37.3 Å². The van der Waals surface area contributed by atoms with Crippen molar-refractivity contribution in [3.05, 3.63) is 46.7 Å². The number of benzene rings is 1. The Morgan fingerprint density at radius 1 is 1.32 bits per heavy atom. The third-order valence-electron chi connectivity index (χ3n) is 4.63. The van der Waals surface area contributed by atoms with Crippen molar-refractivity contribution in [1.82, 2.24) is 10.6 Å². The lowest BCUT2D eigenvalue weighted by Gasteiger charge is -2.28. The van der Waals surface area contributed by atoms with Gasteiger partial charge in [0.2, 0.25) is 0 Å². The second-order valence-electron chi connectivity index (χ2n) is 6.40. The summed E-state index contributed by atoms with van der Waals surface area (Å²) in [6.45, 7) is 4.76. The Labute approximate surface area is 147 Å². The van der Waals surface area contributed by atoms with Crippen molar-refractivity contribution >= 4 is 12.0 Å². The van der Waals surface area contributed by atoms with Crippen LogP contribution in [0.3, 0.4) is 0 Å². The number of rotatable bonds is 5. The van der Waals surface area contributed by atoms with E-state index in [1.165, 1.54) is 5.56 Å². The summed E-state index contributed by atoms with van der Waals surface area (Å²) in [4.78, 5) is 24.5. The minimum absolute atomic E-state index is 0.0294. The average molecular weight is 344 g/mol. The van der Waals surface area contributed by atoms with Crippen LogP contribution in [-0.4, -0.2) is 31.3 Å². The molecule has 25 heavy (non-hydrogen) atoms. The highest BCUT2D eigenvalue weighted by atomic mass is 16.6. The lowest BCUT2D eigenvalue weighted by Crippen LogP contribution is -2.45. The normalized spacial score (nSPS) is 23.2. The van der Waals surface area contributed by atoms with Crippen LogP contribution in [0.1, 0.15) is 43.9 Å². The molecule has 1 aromatic carbocycles. The Morgan fingerprint density at radius 2 is 2.08 bits per heavy atom. The standard InChI is InChI=1S/C19H24N2O4/c1-3-13-6-8-14(9-7-13)17-16(12(2)20-19(23)21-17)18(22)25-11-15-5-4-10-24-15/h6-9,15,17H,3-5,10-11H2,1-2H3,(H2,20,21,23)/t15-,17-/m0/s1. The molecule has 0 aliphatic carbocycles. The molecule has 1 aromatic rings. The number of amides is 2. The summed E-state index contributed by atoms with van der Waals surface area (Å²) in [5.41, 5.74) is 3.01. The second kappa shape index (κ2) is 7.70. The number of carbonyl (C=O) groups excluding carboxylic acids is 2. The van der Waals surface area contributed by atoms with Gasteiger partial charge in [0.15, 0.2) is 0 Å². The van der Waals surface area contributed by atoms with E-state index in [9.17, 15) is 9.59 Å². The predicted molar refractivity (Wildman–Crippen MR) is 92.9 cm³/mol. The summed E-state index contributed by atoms with van der Waals surface area (Å²) >= 11 is 0. The Kier molecular flexibility index (Phi) is 5.38. The summed E-state index contributed by atoms with van der Waals surface area (Å²) < 4.78 is 10.9. The quantitative estimate of drug-likeness (QED) is 0.805. The highest BCUT2D eigenvalue weighted by Crippen LogP contribution is 2.28. The summed E-state index contributed by atoms with van der Waals surface area (Å²) in [6.07, 6.45) is 2.80. The molecule has 2 atom stereocenters. The maximum Gasteiger partial charge on any atom is 0.338 e. The third kappa shape index (κ3) is 4.02. The second-order valence-corrected chi connectivity index (χ2v) is 6.40. The topological polar surface area (TPSA) is 76.7 Å². The van der Waals surface area contributed by atoms with Crippen LogP contribution in [0.25, 0.3) is 0 Å². The molecule has 0 unspecified atom stereocenters. The molecule has 2 heterocycles. The van der Waals surface area contributed by atoms with Gasteiger partial charge in [-0.2, -0.15) is 0 Å². The molecule has 1 saturated heterocycles. The first-order chi connectivity index (χ1) is 12.1. The van der Waals surface area contributed by atoms with Gasteiger partial charge in [0.1, 0.15) is 6.61 Å². The van der Waals surface area contributed by atoms with Crippen molar-refractivity contribution in [2.75, 3.05) is 13.2 Å². The summed E-state index contributed by atoms with van der Waals surface area (Å²) in [6, 6.07) is 7.06. The Balaban J connectivity index is 1.79. The van der Waals surface area contributed by atoms with Gasteiger partial charge in [-0.1, -0.05) is 31.2 Å². The molecule has 2 aliphatic rings. The van der Waals surface area contributed by atoms with Crippen molar-refractivity contribution in [1.29, 1.82) is 0 Å². The van der Waals surface area contributed by atoms with Crippen LogP contribution in [0, 0.1) is 0 Å². The third-order valence-corrected chi connectivity index (χ3v) is 4.63. The minimum Gasteiger partial charge on any atom is -0.459 e. The number of carbonyl (C=O) groups is 2. The number of nitrogens with one attached hydrogen (secondary N) is 2. The first-order valence-corrected chi connectivity index (χ1v) is 8.74. The van der Waals surface area contributed by atoms with Crippen molar-refractivity contribution in [2.24, 2.45) is 0 Å². The van der Waals surface area contributed by atoms with E-state index >= 15 is 0 Å². The molecule has 0 spiro atoms. The number of ether oxygens (including phenoxy) is 2.